The largest absolute Gasteiger partial charge is 0.354 e. The van der Waals surface area contributed by atoms with Crippen LogP contribution in [-0.4, -0.2) is 41.0 Å². The molecule has 2 aromatic carbocycles. The summed E-state index contributed by atoms with van der Waals surface area (Å²) >= 11 is 6.17. The maximum absolute atomic E-state index is 13.9. The molecule has 1 aliphatic rings. The van der Waals surface area contributed by atoms with Gasteiger partial charge in [-0.2, -0.15) is 0 Å². The molecule has 0 radical (unpaired) electrons. The van der Waals surface area contributed by atoms with Crippen molar-refractivity contribution in [3.63, 3.8) is 0 Å². The number of carbonyl (C=O) groups excluding carboxylic acids is 1. The van der Waals surface area contributed by atoms with Crippen LogP contribution in [0.3, 0.4) is 0 Å². The van der Waals surface area contributed by atoms with Gasteiger partial charge in [0, 0.05) is 49.6 Å². The van der Waals surface area contributed by atoms with Crippen LogP contribution >= 0.6 is 11.6 Å². The van der Waals surface area contributed by atoms with E-state index in [1.807, 2.05) is 48.7 Å². The van der Waals surface area contributed by atoms with Gasteiger partial charge in [-0.05, 0) is 53.8 Å². The predicted molar refractivity (Wildman–Crippen MR) is 128 cm³/mol. The molecule has 1 fully saturated rings. The molecule has 2 atom stereocenters. The second kappa shape index (κ2) is 11.4. The molecule has 0 unspecified atom stereocenters. The molecule has 4 rings (SSSR count). The first-order valence-corrected chi connectivity index (χ1v) is 11.6. The molecule has 2 N–H and O–H groups in total. The van der Waals surface area contributed by atoms with Crippen LogP contribution in [0.2, 0.25) is 5.02 Å². The molecule has 0 saturated carbocycles. The molecule has 0 bridgehead atoms. The Bertz CT molecular complexity index is 1060. The summed E-state index contributed by atoms with van der Waals surface area (Å²) in [7, 11) is 0. The van der Waals surface area contributed by atoms with Gasteiger partial charge < -0.3 is 10.6 Å². The first-order valence-electron chi connectivity index (χ1n) is 11.2. The fraction of sp³-hybridized carbons (Fsp3) is 0.308. The second-order valence-electron chi connectivity index (χ2n) is 8.38. The standard InChI is InChI=1S/C26H28ClFN4O/c27-22-8-3-5-19(13-22)17-32-18-23(31-16-20-6-4-11-29-15-20)14-25(32)26(33)30-12-10-21-7-1-2-9-24(21)28/h1-9,11,13,15,23,25,31H,10,12,14,16-18H2,(H,30,33)/t23-,25-/m0/s1. The number of likely N-dealkylation sites (tertiary alicyclic amines) is 1. The Balaban J connectivity index is 1.38. The highest BCUT2D eigenvalue weighted by Crippen LogP contribution is 2.23. The third kappa shape index (κ3) is 6.60. The topological polar surface area (TPSA) is 57.3 Å². The zero-order chi connectivity index (χ0) is 23.0. The molecule has 1 aromatic heterocycles. The van der Waals surface area contributed by atoms with Crippen molar-refractivity contribution in [2.45, 2.75) is 38.0 Å². The molecule has 2 heterocycles. The monoisotopic (exact) mass is 466 g/mol. The minimum Gasteiger partial charge on any atom is -0.354 e. The molecule has 1 aliphatic heterocycles. The molecule has 0 spiro atoms. The number of rotatable bonds is 9. The Kier molecular flexibility index (Phi) is 8.05. The van der Waals surface area contributed by atoms with Crippen molar-refractivity contribution in [3.05, 3.63) is 101 Å². The summed E-state index contributed by atoms with van der Waals surface area (Å²) in [4.78, 5) is 19.4. The van der Waals surface area contributed by atoms with Crippen LogP contribution < -0.4 is 10.6 Å². The smallest absolute Gasteiger partial charge is 0.237 e. The Morgan fingerprint density at radius 1 is 1.12 bits per heavy atom. The molecule has 5 nitrogen and oxygen atoms in total. The lowest BCUT2D eigenvalue weighted by molar-refractivity contribution is -0.125. The fourth-order valence-corrected chi connectivity index (χ4v) is 4.49. The van der Waals surface area contributed by atoms with E-state index in [0.717, 1.165) is 17.7 Å². The Morgan fingerprint density at radius 2 is 1.97 bits per heavy atom. The molecule has 1 saturated heterocycles. The van der Waals surface area contributed by atoms with Gasteiger partial charge in [-0.1, -0.05) is 48.0 Å². The highest BCUT2D eigenvalue weighted by atomic mass is 35.5. The fourth-order valence-electron chi connectivity index (χ4n) is 4.27. The Morgan fingerprint density at radius 3 is 2.76 bits per heavy atom. The zero-order valence-corrected chi connectivity index (χ0v) is 19.1. The van der Waals surface area contributed by atoms with Crippen LogP contribution in [0.4, 0.5) is 4.39 Å². The van der Waals surface area contributed by atoms with E-state index in [1.165, 1.54) is 6.07 Å². The van der Waals surface area contributed by atoms with Gasteiger partial charge in [0.15, 0.2) is 0 Å². The van der Waals surface area contributed by atoms with Crippen LogP contribution in [0.1, 0.15) is 23.1 Å². The number of hydrogen-bond acceptors (Lipinski definition) is 4. The van der Waals surface area contributed by atoms with E-state index in [-0.39, 0.29) is 23.8 Å². The van der Waals surface area contributed by atoms with Gasteiger partial charge in [-0.15, -0.1) is 0 Å². The van der Waals surface area contributed by atoms with E-state index in [0.29, 0.717) is 43.1 Å². The van der Waals surface area contributed by atoms with Gasteiger partial charge in [0.05, 0.1) is 6.04 Å². The van der Waals surface area contributed by atoms with Crippen LogP contribution in [0.5, 0.6) is 0 Å². The van der Waals surface area contributed by atoms with Gasteiger partial charge in [-0.3, -0.25) is 14.7 Å². The molecule has 172 valence electrons. The first kappa shape index (κ1) is 23.4. The number of nitrogens with zero attached hydrogens (tertiary/aromatic N) is 2. The lowest BCUT2D eigenvalue weighted by Gasteiger charge is -2.23. The van der Waals surface area contributed by atoms with E-state index in [4.69, 9.17) is 11.6 Å². The third-order valence-corrected chi connectivity index (χ3v) is 6.18. The van der Waals surface area contributed by atoms with Crippen molar-refractivity contribution in [1.29, 1.82) is 0 Å². The van der Waals surface area contributed by atoms with E-state index >= 15 is 0 Å². The average molecular weight is 467 g/mol. The minimum absolute atomic E-state index is 0.0287. The van der Waals surface area contributed by atoms with Gasteiger partial charge >= 0.3 is 0 Å². The summed E-state index contributed by atoms with van der Waals surface area (Å²) < 4.78 is 13.9. The lowest BCUT2D eigenvalue weighted by Crippen LogP contribution is -2.43. The molecule has 33 heavy (non-hydrogen) atoms. The van der Waals surface area contributed by atoms with Crippen molar-refractivity contribution in [3.8, 4) is 0 Å². The summed E-state index contributed by atoms with van der Waals surface area (Å²) in [6.45, 7) is 2.48. The molecule has 0 aliphatic carbocycles. The van der Waals surface area contributed by atoms with Crippen LogP contribution in [0.25, 0.3) is 0 Å². The van der Waals surface area contributed by atoms with Crippen molar-refractivity contribution in [2.24, 2.45) is 0 Å². The number of halogens is 2. The quantitative estimate of drug-likeness (QED) is 0.501. The zero-order valence-electron chi connectivity index (χ0n) is 18.4. The van der Waals surface area contributed by atoms with Gasteiger partial charge in [0.1, 0.15) is 5.82 Å². The Labute approximate surface area is 199 Å². The second-order valence-corrected chi connectivity index (χ2v) is 8.82. The molecule has 1 amide bonds. The van der Waals surface area contributed by atoms with Gasteiger partial charge in [-0.25, -0.2) is 4.39 Å². The maximum Gasteiger partial charge on any atom is 0.237 e. The number of benzene rings is 2. The number of pyridine rings is 1. The van der Waals surface area contributed by atoms with Crippen molar-refractivity contribution < 1.29 is 9.18 Å². The number of aromatic nitrogens is 1. The van der Waals surface area contributed by atoms with Crippen molar-refractivity contribution in [2.75, 3.05) is 13.1 Å². The number of nitrogens with one attached hydrogen (secondary N) is 2. The molecule has 7 heteroatoms. The SMILES string of the molecule is O=C(NCCc1ccccc1F)[C@@H]1C[C@H](NCc2cccnc2)CN1Cc1cccc(Cl)c1. The highest BCUT2D eigenvalue weighted by molar-refractivity contribution is 6.30. The number of hydrogen-bond donors (Lipinski definition) is 2. The summed E-state index contributed by atoms with van der Waals surface area (Å²) in [6, 6.07) is 18.3. The molecular formula is C26H28ClFN4O. The third-order valence-electron chi connectivity index (χ3n) is 5.95. The number of amides is 1. The van der Waals surface area contributed by atoms with Gasteiger partial charge in [0.2, 0.25) is 5.91 Å². The minimum atomic E-state index is -0.268. The average Bonchev–Trinajstić information content (AvgIpc) is 3.22. The van der Waals surface area contributed by atoms with Gasteiger partial charge in [0.25, 0.3) is 0 Å². The summed E-state index contributed by atoms with van der Waals surface area (Å²) in [5.74, 6) is -0.270. The Hall–Kier alpha value is -2.80. The maximum atomic E-state index is 13.9. The van der Waals surface area contributed by atoms with Crippen LogP contribution in [-0.2, 0) is 24.3 Å². The normalized spacial score (nSPS) is 18.4. The van der Waals surface area contributed by atoms with Crippen molar-refractivity contribution in [1.82, 2.24) is 20.5 Å². The summed E-state index contributed by atoms with van der Waals surface area (Å²) in [6.07, 6.45) is 4.76. The van der Waals surface area contributed by atoms with Crippen LogP contribution in [0, 0.1) is 5.82 Å². The summed E-state index contributed by atoms with van der Waals surface area (Å²) in [5.41, 5.74) is 2.78. The number of carbonyl (C=O) groups is 1. The van der Waals surface area contributed by atoms with E-state index < -0.39 is 0 Å². The van der Waals surface area contributed by atoms with E-state index in [2.05, 4.69) is 20.5 Å². The molecule has 3 aromatic rings. The van der Waals surface area contributed by atoms with E-state index in [1.54, 1.807) is 18.3 Å². The predicted octanol–water partition coefficient (Wildman–Crippen LogP) is 3.97. The van der Waals surface area contributed by atoms with Crippen molar-refractivity contribution >= 4 is 17.5 Å². The molecular weight excluding hydrogens is 439 g/mol. The lowest BCUT2D eigenvalue weighted by atomic mass is 10.1. The van der Waals surface area contributed by atoms with Crippen LogP contribution in [0.15, 0.2) is 73.1 Å². The van der Waals surface area contributed by atoms with E-state index in [9.17, 15) is 9.18 Å². The first-order chi connectivity index (χ1) is 16.1. The highest BCUT2D eigenvalue weighted by Gasteiger charge is 2.36. The summed E-state index contributed by atoms with van der Waals surface area (Å²) in [5, 5.41) is 7.26.